The fourth-order valence-electron chi connectivity index (χ4n) is 10.2. The van der Waals surface area contributed by atoms with Crippen molar-refractivity contribution in [3.63, 3.8) is 0 Å². The molecule has 19 heteroatoms. The van der Waals surface area contributed by atoms with Gasteiger partial charge in [0.2, 0.25) is 0 Å². The monoisotopic (exact) mass is 1700 g/mol. The number of nitriles is 1. The SMILES string of the molecule is COc1ccc(C(OC[C@H]2O[C@@H](C)C[C@@H]2O)(c2ccccc2)c2ccc(OC)cc2)cc1.COc1ccc(C(OC[C@H]2O[C@@H](C)C[C@@H]2OP(OCCC#N)N(C(C)C)C(C)C)(c2ccccc2)c2ccc(OC)cc2)cc1.II.I[I-]I. The summed E-state index contributed by atoms with van der Waals surface area (Å²) < 4.78 is 63.3. The molecular weight excluding hydrogens is 1630 g/mol. The standard InChI is InChI=1S/C36H47N2O6P.C27H30O5.I3.I2/c1-26(2)38(27(3)4)45(42-23-11-22-37)44-34-24-28(5)43-35(34)25-41-36(29-12-9-8-10-13-29,30-14-18-32(39-6)19-15-30)31-16-20-33(40-7)21-17-31;1-19-17-25(28)26(32-19)18-31-27(20-7-5-4-6-8-20,21-9-13-23(29-2)14-10-21)22-11-15-24(30-3)16-12-22;1-3-2;1-2/h8-10,12-21,26-28,34-35H,11,23-25H2,1-7H3;4-16,19,25-26,28H,17-18H2,1-3H3;;/q;;-1;/t28-,34-,35+,45?;19-,25-,26+;;/m00../s1. The van der Waals surface area contributed by atoms with Crippen molar-refractivity contribution in [2.75, 3.05) is 48.3 Å². The Balaban J connectivity index is 0.000000292. The van der Waals surface area contributed by atoms with Crippen molar-refractivity contribution in [1.29, 1.82) is 5.26 Å². The summed E-state index contributed by atoms with van der Waals surface area (Å²) in [5, 5.41) is 19.6. The first-order chi connectivity index (χ1) is 39.7. The molecular formula is C63H77I5N2O11P-. The summed E-state index contributed by atoms with van der Waals surface area (Å²) in [4.78, 5) is 0. The van der Waals surface area contributed by atoms with E-state index in [0.29, 0.717) is 39.1 Å². The summed E-state index contributed by atoms with van der Waals surface area (Å²) in [7, 11) is 5.20. The number of nitrogens with zero attached hydrogens (tertiary/aromatic N) is 2. The molecule has 0 aromatic heterocycles. The molecule has 1 N–H and O–H groups in total. The van der Waals surface area contributed by atoms with Gasteiger partial charge in [-0.25, -0.2) is 4.67 Å². The number of ether oxygens (including phenoxy) is 8. The maximum absolute atomic E-state index is 10.5. The van der Waals surface area contributed by atoms with E-state index in [2.05, 4.69) is 144 Å². The van der Waals surface area contributed by atoms with Gasteiger partial charge in [-0.2, -0.15) is 5.26 Å². The number of methoxy groups -OCH3 is 4. The number of halogens is 5. The molecule has 2 aliphatic rings. The van der Waals surface area contributed by atoms with Gasteiger partial charge in [-0.15, -0.1) is 0 Å². The van der Waals surface area contributed by atoms with Crippen LogP contribution >= 0.6 is 83.0 Å². The van der Waals surface area contributed by atoms with Crippen LogP contribution in [-0.2, 0) is 39.2 Å². The molecule has 0 aliphatic carbocycles. The third-order valence-corrected chi connectivity index (χ3v) is 16.1. The molecule has 0 radical (unpaired) electrons. The second kappa shape index (κ2) is 36.8. The molecule has 82 heavy (non-hydrogen) atoms. The van der Waals surface area contributed by atoms with Crippen LogP contribution in [0.4, 0.5) is 0 Å². The minimum atomic E-state index is -1.43. The van der Waals surface area contributed by atoms with Crippen LogP contribution < -0.4 is 32.2 Å². The van der Waals surface area contributed by atoms with Gasteiger partial charge >= 0.3 is 50.5 Å². The Hall–Kier alpha value is -2.23. The zero-order valence-corrected chi connectivity index (χ0v) is 59.8. The van der Waals surface area contributed by atoms with Gasteiger partial charge in [-0.05, 0) is 123 Å². The number of aliphatic hydroxyl groups is 1. The third-order valence-electron chi connectivity index (χ3n) is 14.0. The fourth-order valence-corrected chi connectivity index (χ4v) is 12.0. The zero-order valence-electron chi connectivity index (χ0n) is 48.1. The molecule has 8 rings (SSSR count). The second-order valence-corrected chi connectivity index (χ2v) is 37.5. The Morgan fingerprint density at radius 3 is 1.22 bits per heavy atom. The van der Waals surface area contributed by atoms with Crippen LogP contribution in [0.5, 0.6) is 23.0 Å². The van der Waals surface area contributed by atoms with Crippen molar-refractivity contribution in [1.82, 2.24) is 4.67 Å². The normalized spacial score (nSPS) is 19.0. The molecule has 13 nitrogen and oxygen atoms in total. The minimum absolute atomic E-state index is 0.00620. The molecule has 6 aromatic carbocycles. The predicted molar refractivity (Wildman–Crippen MR) is 357 cm³/mol. The Morgan fingerprint density at radius 1 is 0.573 bits per heavy atom. The first kappa shape index (κ1) is 70.5. The van der Waals surface area contributed by atoms with Crippen LogP contribution in [0.2, 0.25) is 0 Å². The Morgan fingerprint density at radius 2 is 0.902 bits per heavy atom. The number of rotatable bonds is 24. The molecule has 0 amide bonds. The van der Waals surface area contributed by atoms with Gasteiger partial charge in [0, 0.05) is 62.2 Å². The topological polar surface area (TPSA) is 140 Å². The van der Waals surface area contributed by atoms with E-state index >= 15 is 0 Å². The van der Waals surface area contributed by atoms with Crippen LogP contribution in [0.25, 0.3) is 0 Å². The van der Waals surface area contributed by atoms with Crippen LogP contribution in [-0.4, -0.2) is 107 Å². The summed E-state index contributed by atoms with van der Waals surface area (Å²) in [5.41, 5.74) is 3.91. The maximum atomic E-state index is 10.5. The van der Waals surface area contributed by atoms with Crippen molar-refractivity contribution in [3.05, 3.63) is 191 Å². The van der Waals surface area contributed by atoms with E-state index in [1.54, 1.807) is 28.4 Å². The summed E-state index contributed by atoms with van der Waals surface area (Å²) in [5.74, 6) is 3.07. The van der Waals surface area contributed by atoms with Gasteiger partial charge in [0.15, 0.2) is 0 Å². The van der Waals surface area contributed by atoms with Crippen LogP contribution in [0, 0.1) is 11.3 Å². The first-order valence-electron chi connectivity index (χ1n) is 26.9. The van der Waals surface area contributed by atoms with Gasteiger partial charge in [0.1, 0.15) is 46.4 Å². The van der Waals surface area contributed by atoms with E-state index in [1.807, 2.05) is 140 Å². The molecule has 446 valence electrons. The van der Waals surface area contributed by atoms with Crippen molar-refractivity contribution in [3.8, 4) is 29.1 Å². The van der Waals surface area contributed by atoms with E-state index < -0.39 is 25.8 Å². The van der Waals surface area contributed by atoms with Gasteiger partial charge in [-0.3, -0.25) is 0 Å². The van der Waals surface area contributed by atoms with Gasteiger partial charge < -0.3 is 52.0 Å². The molecule has 0 bridgehead atoms. The van der Waals surface area contributed by atoms with E-state index in [-0.39, 0.29) is 55.8 Å². The van der Waals surface area contributed by atoms with Crippen LogP contribution in [0.3, 0.4) is 0 Å². The number of aliphatic hydroxyl groups excluding tert-OH is 1. The molecule has 2 heterocycles. The molecule has 2 aliphatic heterocycles. The molecule has 7 atom stereocenters. The number of hydrogen-bond acceptors (Lipinski definition) is 13. The average molecular weight is 1700 g/mol. The molecule has 2 saturated heterocycles. The summed E-state index contributed by atoms with van der Waals surface area (Å²) >= 11 is 9.54. The van der Waals surface area contributed by atoms with E-state index in [1.165, 1.54) is 0 Å². The Kier molecular flexibility index (Phi) is 31.7. The van der Waals surface area contributed by atoms with Gasteiger partial charge in [-0.1, -0.05) is 109 Å². The Labute approximate surface area is 541 Å². The third kappa shape index (κ3) is 19.1. The Bertz CT molecular complexity index is 2650. The second-order valence-electron chi connectivity index (χ2n) is 19.9. The molecule has 0 saturated carbocycles. The van der Waals surface area contributed by atoms with E-state index in [9.17, 15) is 5.11 Å². The van der Waals surface area contributed by atoms with Crippen molar-refractivity contribution in [2.24, 2.45) is 0 Å². The van der Waals surface area contributed by atoms with Crippen LogP contribution in [0.15, 0.2) is 158 Å². The van der Waals surface area contributed by atoms with Crippen molar-refractivity contribution in [2.45, 2.75) is 121 Å². The van der Waals surface area contributed by atoms with E-state index in [0.717, 1.165) is 56.4 Å². The predicted octanol–water partition coefficient (Wildman–Crippen LogP) is 12.9. The first-order valence-corrected chi connectivity index (χ1v) is 46.9. The quantitative estimate of drug-likeness (QED) is 0.0266. The fraction of sp³-hybridized carbons (Fsp3) is 0.413. The summed E-state index contributed by atoms with van der Waals surface area (Å²) in [6.07, 6.45) is 0.0818. The van der Waals surface area contributed by atoms with Crippen molar-refractivity contribution >= 4 is 83.0 Å². The zero-order chi connectivity index (χ0) is 59.7. The molecule has 6 aromatic rings. The average Bonchev–Trinajstić information content (AvgIpc) is 2.58. The molecule has 2 fully saturated rings. The van der Waals surface area contributed by atoms with Crippen LogP contribution in [0.1, 0.15) is 94.2 Å². The van der Waals surface area contributed by atoms with Gasteiger partial charge in [0.05, 0.1) is 85.2 Å². The summed E-state index contributed by atoms with van der Waals surface area (Å²) in [6.45, 7) is 13.4. The molecule has 1 unspecified atom stereocenters. The number of hydrogen-bond donors (Lipinski definition) is 1. The van der Waals surface area contributed by atoms with Crippen molar-refractivity contribution < 1.29 is 65.3 Å². The number of benzene rings is 6. The molecule has 0 spiro atoms. The van der Waals surface area contributed by atoms with Gasteiger partial charge in [0.25, 0.3) is 8.53 Å². The summed E-state index contributed by atoms with van der Waals surface area (Å²) in [6, 6.07) is 54.8. The van der Waals surface area contributed by atoms with E-state index in [4.69, 9.17) is 52.2 Å².